The molecule has 0 saturated heterocycles. The average Bonchev–Trinajstić information content (AvgIpc) is 2.78. The quantitative estimate of drug-likeness (QED) is 0.765. The molecule has 1 unspecified atom stereocenters. The first kappa shape index (κ1) is 10.6. The fourth-order valence-electron chi connectivity index (χ4n) is 2.54. The molecule has 16 heavy (non-hydrogen) atoms. The van der Waals surface area contributed by atoms with Gasteiger partial charge in [0.2, 0.25) is 0 Å². The van der Waals surface area contributed by atoms with Gasteiger partial charge in [-0.2, -0.15) is 0 Å². The Labute approximate surface area is 108 Å². The molecule has 0 amide bonds. The summed E-state index contributed by atoms with van der Waals surface area (Å²) < 4.78 is 3.28. The topological polar surface area (TPSA) is 17.8 Å². The number of aromatic nitrogens is 2. The van der Waals surface area contributed by atoms with Crippen molar-refractivity contribution < 1.29 is 0 Å². The molecule has 3 rings (SSSR count). The predicted molar refractivity (Wildman–Crippen MR) is 70.1 cm³/mol. The number of nitrogens with zero attached hydrogens (tertiary/aromatic N) is 2. The van der Waals surface area contributed by atoms with E-state index in [1.807, 2.05) is 12.1 Å². The van der Waals surface area contributed by atoms with Crippen molar-refractivity contribution in [2.45, 2.75) is 32.2 Å². The minimum absolute atomic E-state index is 0.595. The van der Waals surface area contributed by atoms with Gasteiger partial charge in [0.25, 0.3) is 0 Å². The highest BCUT2D eigenvalue weighted by Crippen LogP contribution is 2.35. The lowest BCUT2D eigenvalue weighted by atomic mass is 10.1. The van der Waals surface area contributed by atoms with Gasteiger partial charge < -0.3 is 4.57 Å². The van der Waals surface area contributed by atoms with Crippen LogP contribution in [0.4, 0.5) is 0 Å². The van der Waals surface area contributed by atoms with Gasteiger partial charge in [0, 0.05) is 16.9 Å². The van der Waals surface area contributed by atoms with Gasteiger partial charge in [-0.3, -0.25) is 0 Å². The summed E-state index contributed by atoms with van der Waals surface area (Å²) in [6, 6.07) is 4.62. The lowest BCUT2D eigenvalue weighted by molar-refractivity contribution is 0.524. The number of fused-ring (bicyclic) bond motifs is 3. The second-order valence-corrected chi connectivity index (χ2v) is 5.52. The van der Waals surface area contributed by atoms with E-state index in [1.54, 1.807) is 0 Å². The fourth-order valence-corrected chi connectivity index (χ4v) is 3.02. The highest BCUT2D eigenvalue weighted by molar-refractivity contribution is 9.10. The van der Waals surface area contributed by atoms with E-state index < -0.39 is 0 Å². The smallest absolute Gasteiger partial charge is 0.110 e. The maximum atomic E-state index is 6.15. The zero-order valence-electron chi connectivity index (χ0n) is 9.00. The standard InChI is InChI=1S/C12H12BrClN2/c1-2-7-3-4-12-15-10-5-8(13)9(14)6-11(10)16(7)12/h5-7H,2-4H2,1H3. The van der Waals surface area contributed by atoms with Gasteiger partial charge in [0.1, 0.15) is 5.82 Å². The van der Waals surface area contributed by atoms with Crippen LogP contribution in [0, 0.1) is 0 Å². The van der Waals surface area contributed by atoms with Crippen molar-refractivity contribution in [3.8, 4) is 0 Å². The normalized spacial score (nSPS) is 19.3. The molecule has 1 aliphatic rings. The number of imidazole rings is 1. The summed E-state index contributed by atoms with van der Waals surface area (Å²) in [4.78, 5) is 4.67. The van der Waals surface area contributed by atoms with Crippen LogP contribution in [0.5, 0.6) is 0 Å². The van der Waals surface area contributed by atoms with Crippen LogP contribution >= 0.6 is 27.5 Å². The molecule has 0 spiro atoms. The van der Waals surface area contributed by atoms with Crippen LogP contribution in [-0.4, -0.2) is 9.55 Å². The number of hydrogen-bond acceptors (Lipinski definition) is 1. The third-order valence-corrected chi connectivity index (χ3v) is 4.54. The Hall–Kier alpha value is -0.540. The zero-order valence-corrected chi connectivity index (χ0v) is 11.3. The summed E-state index contributed by atoms with van der Waals surface area (Å²) in [6.45, 7) is 2.23. The first-order valence-corrected chi connectivity index (χ1v) is 6.73. The van der Waals surface area contributed by atoms with E-state index in [-0.39, 0.29) is 0 Å². The van der Waals surface area contributed by atoms with Gasteiger partial charge >= 0.3 is 0 Å². The van der Waals surface area contributed by atoms with Crippen molar-refractivity contribution in [2.24, 2.45) is 0 Å². The summed E-state index contributed by atoms with van der Waals surface area (Å²) in [5.74, 6) is 1.20. The molecule has 4 heteroatoms. The molecule has 1 aromatic heterocycles. The molecule has 1 aromatic carbocycles. The third kappa shape index (κ3) is 1.41. The zero-order chi connectivity index (χ0) is 11.3. The molecule has 0 saturated carbocycles. The van der Waals surface area contributed by atoms with Crippen LogP contribution in [-0.2, 0) is 6.42 Å². The van der Waals surface area contributed by atoms with Gasteiger partial charge in [-0.15, -0.1) is 0 Å². The SMILES string of the molecule is CCC1CCc2nc3cc(Br)c(Cl)cc3n21. The monoisotopic (exact) mass is 298 g/mol. The lowest BCUT2D eigenvalue weighted by Gasteiger charge is -2.11. The number of halogens is 2. The average molecular weight is 300 g/mol. The van der Waals surface area contributed by atoms with E-state index in [1.165, 1.54) is 17.8 Å². The Kier molecular flexibility index (Phi) is 2.48. The maximum Gasteiger partial charge on any atom is 0.110 e. The van der Waals surface area contributed by atoms with Crippen molar-refractivity contribution in [3.05, 3.63) is 27.5 Å². The molecular weight excluding hydrogens is 288 g/mol. The van der Waals surface area contributed by atoms with Crippen molar-refractivity contribution in [1.29, 1.82) is 0 Å². The van der Waals surface area contributed by atoms with Gasteiger partial charge in [-0.1, -0.05) is 18.5 Å². The summed E-state index contributed by atoms with van der Waals surface area (Å²) in [7, 11) is 0. The van der Waals surface area contributed by atoms with Crippen LogP contribution in [0.15, 0.2) is 16.6 Å². The number of aryl methyl sites for hydroxylation is 1. The highest BCUT2D eigenvalue weighted by Gasteiger charge is 2.24. The van der Waals surface area contributed by atoms with Crippen LogP contribution < -0.4 is 0 Å². The highest BCUT2D eigenvalue weighted by atomic mass is 79.9. The van der Waals surface area contributed by atoms with E-state index in [0.717, 1.165) is 27.9 Å². The molecular formula is C12H12BrClN2. The van der Waals surface area contributed by atoms with Crippen molar-refractivity contribution in [2.75, 3.05) is 0 Å². The van der Waals surface area contributed by atoms with E-state index in [4.69, 9.17) is 11.6 Å². The first-order chi connectivity index (χ1) is 7.70. The van der Waals surface area contributed by atoms with Crippen LogP contribution in [0.3, 0.4) is 0 Å². The molecule has 2 nitrogen and oxygen atoms in total. The number of benzene rings is 1. The Morgan fingerprint density at radius 3 is 3.12 bits per heavy atom. The van der Waals surface area contributed by atoms with Gasteiger partial charge in [0.15, 0.2) is 0 Å². The molecule has 0 aliphatic carbocycles. The second-order valence-electron chi connectivity index (χ2n) is 4.25. The number of hydrogen-bond donors (Lipinski definition) is 0. The molecule has 84 valence electrons. The van der Waals surface area contributed by atoms with E-state index in [9.17, 15) is 0 Å². The molecule has 1 aliphatic heterocycles. The largest absolute Gasteiger partial charge is 0.325 e. The number of rotatable bonds is 1. The maximum absolute atomic E-state index is 6.15. The fraction of sp³-hybridized carbons (Fsp3) is 0.417. The minimum Gasteiger partial charge on any atom is -0.325 e. The summed E-state index contributed by atoms with van der Waals surface area (Å²) >= 11 is 9.59. The van der Waals surface area contributed by atoms with Gasteiger partial charge in [-0.05, 0) is 40.9 Å². The van der Waals surface area contributed by atoms with Gasteiger partial charge in [0.05, 0.1) is 16.1 Å². The second kappa shape index (κ2) is 3.74. The molecule has 0 fully saturated rings. The molecule has 2 heterocycles. The third-order valence-electron chi connectivity index (χ3n) is 3.34. The summed E-state index contributed by atoms with van der Waals surface area (Å²) in [5, 5.41) is 0.761. The van der Waals surface area contributed by atoms with Crippen LogP contribution in [0.25, 0.3) is 11.0 Å². The van der Waals surface area contributed by atoms with Gasteiger partial charge in [-0.25, -0.2) is 4.98 Å². The van der Waals surface area contributed by atoms with Crippen LogP contribution in [0.2, 0.25) is 5.02 Å². The molecule has 2 aromatic rings. The van der Waals surface area contributed by atoms with Crippen molar-refractivity contribution in [3.63, 3.8) is 0 Å². The minimum atomic E-state index is 0.595. The molecule has 0 bridgehead atoms. The van der Waals surface area contributed by atoms with E-state index in [0.29, 0.717) is 6.04 Å². The molecule has 1 atom stereocenters. The first-order valence-electron chi connectivity index (χ1n) is 5.56. The van der Waals surface area contributed by atoms with E-state index >= 15 is 0 Å². The Bertz CT molecular complexity index is 562. The van der Waals surface area contributed by atoms with Crippen molar-refractivity contribution in [1.82, 2.24) is 9.55 Å². The summed E-state index contributed by atoms with van der Waals surface area (Å²) in [5.41, 5.74) is 2.22. The molecule has 0 N–H and O–H groups in total. The lowest BCUT2D eigenvalue weighted by Crippen LogP contribution is -2.01. The predicted octanol–water partition coefficient (Wildman–Crippen LogP) is 4.35. The Morgan fingerprint density at radius 1 is 1.56 bits per heavy atom. The van der Waals surface area contributed by atoms with Crippen molar-refractivity contribution >= 4 is 38.6 Å². The molecule has 0 radical (unpaired) electrons. The summed E-state index contributed by atoms with van der Waals surface area (Å²) in [6.07, 6.45) is 3.46. The Balaban J connectivity index is 2.30. The van der Waals surface area contributed by atoms with Crippen LogP contribution in [0.1, 0.15) is 31.6 Å². The Morgan fingerprint density at radius 2 is 2.38 bits per heavy atom. The van der Waals surface area contributed by atoms with E-state index in [2.05, 4.69) is 32.4 Å².